The first-order valence-corrected chi connectivity index (χ1v) is 6.70. The number of hydrogen-bond donors (Lipinski definition) is 2. The van der Waals surface area contributed by atoms with Gasteiger partial charge < -0.3 is 10.3 Å². The van der Waals surface area contributed by atoms with Gasteiger partial charge in [-0.25, -0.2) is 9.37 Å². The van der Waals surface area contributed by atoms with E-state index in [1.165, 1.54) is 12.1 Å². The standard InChI is InChI=1S/C14H17ClFN3/c1-3-9(2)17-8-14-18-7-13(19-14)11-5-4-10(16)6-12(11)15/h4-7,9,17H,3,8H2,1-2H3,(H,18,19). The van der Waals surface area contributed by atoms with Gasteiger partial charge in [-0.3, -0.25) is 0 Å². The van der Waals surface area contributed by atoms with Gasteiger partial charge in [0.05, 0.1) is 23.5 Å². The summed E-state index contributed by atoms with van der Waals surface area (Å²) in [6, 6.07) is 4.79. The summed E-state index contributed by atoms with van der Waals surface area (Å²) in [5.41, 5.74) is 1.55. The number of imidazole rings is 1. The van der Waals surface area contributed by atoms with Crippen molar-refractivity contribution in [3.05, 3.63) is 41.1 Å². The number of halogens is 2. The summed E-state index contributed by atoms with van der Waals surface area (Å²) >= 11 is 6.02. The van der Waals surface area contributed by atoms with Crippen molar-refractivity contribution in [2.24, 2.45) is 0 Å². The van der Waals surface area contributed by atoms with E-state index in [4.69, 9.17) is 11.6 Å². The second-order valence-electron chi connectivity index (χ2n) is 4.56. The molecule has 2 N–H and O–H groups in total. The van der Waals surface area contributed by atoms with Gasteiger partial charge >= 0.3 is 0 Å². The van der Waals surface area contributed by atoms with Gasteiger partial charge in [0.15, 0.2) is 0 Å². The summed E-state index contributed by atoms with van der Waals surface area (Å²) in [7, 11) is 0. The highest BCUT2D eigenvalue weighted by molar-refractivity contribution is 6.33. The third kappa shape index (κ3) is 3.55. The van der Waals surface area contributed by atoms with Crippen LogP contribution in [0.1, 0.15) is 26.1 Å². The van der Waals surface area contributed by atoms with E-state index in [9.17, 15) is 4.39 Å². The lowest BCUT2D eigenvalue weighted by Crippen LogP contribution is -2.24. The molecule has 5 heteroatoms. The SMILES string of the molecule is CCC(C)NCc1ncc(-c2ccc(F)cc2Cl)[nH]1. The van der Waals surface area contributed by atoms with Crippen LogP contribution in [0, 0.1) is 5.82 Å². The van der Waals surface area contributed by atoms with Gasteiger partial charge in [0.25, 0.3) is 0 Å². The first kappa shape index (κ1) is 14.0. The van der Waals surface area contributed by atoms with Crippen LogP contribution in [-0.4, -0.2) is 16.0 Å². The molecule has 0 aliphatic carbocycles. The van der Waals surface area contributed by atoms with Crippen LogP contribution in [-0.2, 0) is 6.54 Å². The van der Waals surface area contributed by atoms with Gasteiger partial charge in [0.1, 0.15) is 11.6 Å². The van der Waals surface area contributed by atoms with Crippen LogP contribution in [0.3, 0.4) is 0 Å². The third-order valence-corrected chi connectivity index (χ3v) is 3.39. The summed E-state index contributed by atoms with van der Waals surface area (Å²) < 4.78 is 13.0. The van der Waals surface area contributed by atoms with Crippen LogP contribution in [0.15, 0.2) is 24.4 Å². The zero-order chi connectivity index (χ0) is 13.8. The molecule has 2 aromatic rings. The van der Waals surface area contributed by atoms with Gasteiger partial charge in [-0.15, -0.1) is 0 Å². The van der Waals surface area contributed by atoms with Gasteiger partial charge in [-0.1, -0.05) is 18.5 Å². The van der Waals surface area contributed by atoms with Crippen molar-refractivity contribution in [2.75, 3.05) is 0 Å². The fraction of sp³-hybridized carbons (Fsp3) is 0.357. The lowest BCUT2D eigenvalue weighted by atomic mass is 10.2. The van der Waals surface area contributed by atoms with Gasteiger partial charge in [0, 0.05) is 11.6 Å². The lowest BCUT2D eigenvalue weighted by Gasteiger charge is -2.09. The van der Waals surface area contributed by atoms with Gasteiger partial charge in [0.2, 0.25) is 0 Å². The van der Waals surface area contributed by atoms with Crippen LogP contribution >= 0.6 is 11.6 Å². The predicted octanol–water partition coefficient (Wildman–Crippen LogP) is 3.76. The molecule has 102 valence electrons. The molecule has 0 fully saturated rings. The van der Waals surface area contributed by atoms with Crippen molar-refractivity contribution in [3.8, 4) is 11.3 Å². The maximum Gasteiger partial charge on any atom is 0.124 e. The Kier molecular flexibility index (Phi) is 4.56. The first-order chi connectivity index (χ1) is 9.10. The number of H-pyrrole nitrogens is 1. The molecule has 0 saturated carbocycles. The topological polar surface area (TPSA) is 40.7 Å². The molecule has 1 atom stereocenters. The van der Waals surface area contributed by atoms with Crippen LogP contribution in [0.5, 0.6) is 0 Å². The molecule has 0 aliphatic rings. The summed E-state index contributed by atoms with van der Waals surface area (Å²) in [6.45, 7) is 4.93. The van der Waals surface area contributed by atoms with E-state index < -0.39 is 0 Å². The second-order valence-corrected chi connectivity index (χ2v) is 4.97. The molecule has 1 aromatic heterocycles. The molecular weight excluding hydrogens is 265 g/mol. The zero-order valence-corrected chi connectivity index (χ0v) is 11.8. The normalized spacial score (nSPS) is 12.6. The molecular formula is C14H17ClFN3. The monoisotopic (exact) mass is 281 g/mol. The van der Waals surface area contributed by atoms with Crippen molar-refractivity contribution in [2.45, 2.75) is 32.9 Å². The Balaban J connectivity index is 2.12. The van der Waals surface area contributed by atoms with Crippen molar-refractivity contribution in [3.63, 3.8) is 0 Å². The highest BCUT2D eigenvalue weighted by Crippen LogP contribution is 2.26. The molecule has 1 heterocycles. The quantitative estimate of drug-likeness (QED) is 0.876. The molecule has 0 bridgehead atoms. The number of nitrogens with zero attached hydrogens (tertiary/aromatic N) is 1. The smallest absolute Gasteiger partial charge is 0.124 e. The highest BCUT2D eigenvalue weighted by atomic mass is 35.5. The second kappa shape index (κ2) is 6.17. The van der Waals surface area contributed by atoms with E-state index in [1.54, 1.807) is 12.3 Å². The van der Waals surface area contributed by atoms with E-state index in [0.717, 1.165) is 23.5 Å². The largest absolute Gasteiger partial charge is 0.341 e. The molecule has 0 aliphatic heterocycles. The lowest BCUT2D eigenvalue weighted by molar-refractivity contribution is 0.525. The van der Waals surface area contributed by atoms with Crippen LogP contribution in [0.25, 0.3) is 11.3 Å². The number of benzene rings is 1. The maximum atomic E-state index is 13.0. The van der Waals surface area contributed by atoms with E-state index in [-0.39, 0.29) is 5.82 Å². The molecule has 0 radical (unpaired) electrons. The van der Waals surface area contributed by atoms with Crippen molar-refractivity contribution >= 4 is 11.6 Å². The van der Waals surface area contributed by atoms with E-state index in [0.29, 0.717) is 17.6 Å². The Morgan fingerprint density at radius 3 is 2.95 bits per heavy atom. The minimum atomic E-state index is -0.341. The Labute approximate surface area is 117 Å². The summed E-state index contributed by atoms with van der Waals surface area (Å²) in [5.74, 6) is 0.502. The van der Waals surface area contributed by atoms with Gasteiger partial charge in [-0.2, -0.15) is 0 Å². The minimum Gasteiger partial charge on any atom is -0.341 e. The Bertz CT molecular complexity index is 553. The summed E-state index contributed by atoms with van der Waals surface area (Å²) in [6.07, 6.45) is 2.78. The average molecular weight is 282 g/mol. The van der Waals surface area contributed by atoms with Crippen molar-refractivity contribution in [1.29, 1.82) is 0 Å². The zero-order valence-electron chi connectivity index (χ0n) is 11.0. The van der Waals surface area contributed by atoms with E-state index >= 15 is 0 Å². The van der Waals surface area contributed by atoms with Gasteiger partial charge in [-0.05, 0) is 31.5 Å². The number of aromatic nitrogens is 2. The predicted molar refractivity (Wildman–Crippen MR) is 75.6 cm³/mol. The van der Waals surface area contributed by atoms with Crippen LogP contribution in [0.4, 0.5) is 4.39 Å². The highest BCUT2D eigenvalue weighted by Gasteiger charge is 2.08. The molecule has 3 nitrogen and oxygen atoms in total. The summed E-state index contributed by atoms with van der Waals surface area (Å²) in [5, 5.41) is 3.73. The Hall–Kier alpha value is -1.39. The van der Waals surface area contributed by atoms with E-state index in [2.05, 4.69) is 29.1 Å². The molecule has 0 saturated heterocycles. The number of rotatable bonds is 5. The third-order valence-electron chi connectivity index (χ3n) is 3.08. The fourth-order valence-electron chi connectivity index (χ4n) is 1.71. The summed E-state index contributed by atoms with van der Waals surface area (Å²) in [4.78, 5) is 7.48. The molecule has 19 heavy (non-hydrogen) atoms. The number of aromatic amines is 1. The molecule has 0 spiro atoms. The Morgan fingerprint density at radius 1 is 1.47 bits per heavy atom. The number of nitrogens with one attached hydrogen (secondary N) is 2. The van der Waals surface area contributed by atoms with E-state index in [1.807, 2.05) is 0 Å². The molecule has 0 amide bonds. The molecule has 1 unspecified atom stereocenters. The molecule has 2 rings (SSSR count). The molecule has 1 aromatic carbocycles. The number of hydrogen-bond acceptors (Lipinski definition) is 2. The van der Waals surface area contributed by atoms with Crippen molar-refractivity contribution < 1.29 is 4.39 Å². The van der Waals surface area contributed by atoms with Crippen LogP contribution < -0.4 is 5.32 Å². The maximum absolute atomic E-state index is 13.0. The fourth-order valence-corrected chi connectivity index (χ4v) is 1.98. The minimum absolute atomic E-state index is 0.341. The first-order valence-electron chi connectivity index (χ1n) is 6.32. The average Bonchev–Trinajstić information content (AvgIpc) is 2.84. The van der Waals surface area contributed by atoms with Crippen molar-refractivity contribution in [1.82, 2.24) is 15.3 Å². The van der Waals surface area contributed by atoms with Crippen LogP contribution in [0.2, 0.25) is 5.02 Å². The Morgan fingerprint density at radius 2 is 2.26 bits per heavy atom.